The minimum atomic E-state index is -0.179. The Bertz CT molecular complexity index is 597. The fourth-order valence-electron chi connectivity index (χ4n) is 2.48. The first-order chi connectivity index (χ1) is 9.24. The average molecular weight is 273 g/mol. The van der Waals surface area contributed by atoms with Crippen molar-refractivity contribution in [1.82, 2.24) is 0 Å². The number of hydrogen-bond acceptors (Lipinski definition) is 2. The van der Waals surface area contributed by atoms with Crippen LogP contribution < -0.4 is 5.32 Å². The van der Waals surface area contributed by atoms with Crippen LogP contribution >= 0.6 is 11.8 Å². The zero-order valence-electron chi connectivity index (χ0n) is 10.8. The summed E-state index contributed by atoms with van der Waals surface area (Å²) in [6.45, 7) is 1.94. The quantitative estimate of drug-likeness (QED) is 0.862. The Labute approximate surface area is 117 Å². The molecule has 1 atom stereocenters. The molecule has 0 spiro atoms. The van der Waals surface area contributed by atoms with E-state index in [1.165, 1.54) is 17.2 Å². The number of halogens is 1. The number of rotatable bonds is 2. The standard InChI is InChI=1S/C16H16FNS/c1-11-8-13(17)6-7-15(11)18-16-10-19-9-12-4-2-3-5-14(12)16/h2-8,16,18H,9-10H2,1H3. The average Bonchev–Trinajstić information content (AvgIpc) is 2.42. The Kier molecular flexibility index (Phi) is 3.47. The maximum atomic E-state index is 13.1. The van der Waals surface area contributed by atoms with Gasteiger partial charge in [-0.25, -0.2) is 4.39 Å². The van der Waals surface area contributed by atoms with Crippen LogP contribution in [0, 0.1) is 12.7 Å². The van der Waals surface area contributed by atoms with Gasteiger partial charge in [-0.3, -0.25) is 0 Å². The first-order valence-electron chi connectivity index (χ1n) is 6.42. The highest BCUT2D eigenvalue weighted by atomic mass is 32.2. The van der Waals surface area contributed by atoms with E-state index in [4.69, 9.17) is 0 Å². The van der Waals surface area contributed by atoms with Crippen LogP contribution in [0.15, 0.2) is 42.5 Å². The minimum absolute atomic E-state index is 0.179. The molecule has 0 fully saturated rings. The Morgan fingerprint density at radius 2 is 2.05 bits per heavy atom. The molecule has 2 aromatic rings. The number of fused-ring (bicyclic) bond motifs is 1. The summed E-state index contributed by atoms with van der Waals surface area (Å²) >= 11 is 1.94. The molecule has 0 aromatic heterocycles. The monoisotopic (exact) mass is 273 g/mol. The number of hydrogen-bond donors (Lipinski definition) is 1. The molecule has 0 aliphatic carbocycles. The SMILES string of the molecule is Cc1cc(F)ccc1NC1CSCc2ccccc21. The van der Waals surface area contributed by atoms with Crippen molar-refractivity contribution in [2.75, 3.05) is 11.1 Å². The number of thioether (sulfide) groups is 1. The van der Waals surface area contributed by atoms with E-state index in [-0.39, 0.29) is 5.82 Å². The summed E-state index contributed by atoms with van der Waals surface area (Å²) in [6, 6.07) is 13.8. The van der Waals surface area contributed by atoms with E-state index >= 15 is 0 Å². The zero-order valence-corrected chi connectivity index (χ0v) is 11.6. The van der Waals surface area contributed by atoms with Gasteiger partial charge in [0.15, 0.2) is 0 Å². The topological polar surface area (TPSA) is 12.0 Å². The lowest BCUT2D eigenvalue weighted by Crippen LogP contribution is -2.19. The smallest absolute Gasteiger partial charge is 0.123 e. The predicted molar refractivity (Wildman–Crippen MR) is 80.1 cm³/mol. The summed E-state index contributed by atoms with van der Waals surface area (Å²) in [4.78, 5) is 0. The van der Waals surface area contributed by atoms with Gasteiger partial charge in [-0.15, -0.1) is 0 Å². The van der Waals surface area contributed by atoms with Crippen molar-refractivity contribution in [1.29, 1.82) is 0 Å². The first kappa shape index (κ1) is 12.5. The van der Waals surface area contributed by atoms with Gasteiger partial charge >= 0.3 is 0 Å². The molecular formula is C16H16FNS. The molecule has 1 nitrogen and oxygen atoms in total. The fourth-order valence-corrected chi connectivity index (χ4v) is 3.58. The largest absolute Gasteiger partial charge is 0.377 e. The number of anilines is 1. The molecule has 1 aliphatic heterocycles. The Balaban J connectivity index is 1.88. The molecule has 1 unspecified atom stereocenters. The summed E-state index contributed by atoms with van der Waals surface area (Å²) in [6.07, 6.45) is 0. The normalized spacial score (nSPS) is 17.9. The third kappa shape index (κ3) is 2.61. The van der Waals surface area contributed by atoms with Crippen molar-refractivity contribution in [2.45, 2.75) is 18.7 Å². The van der Waals surface area contributed by atoms with Crippen LogP contribution in [0.5, 0.6) is 0 Å². The Hall–Kier alpha value is -1.48. The molecule has 2 aromatic carbocycles. The van der Waals surface area contributed by atoms with Crippen LogP contribution in [0.4, 0.5) is 10.1 Å². The maximum Gasteiger partial charge on any atom is 0.123 e. The van der Waals surface area contributed by atoms with Gasteiger partial charge in [-0.2, -0.15) is 11.8 Å². The van der Waals surface area contributed by atoms with E-state index < -0.39 is 0 Å². The second-order valence-electron chi connectivity index (χ2n) is 4.87. The molecule has 3 rings (SSSR count). The lowest BCUT2D eigenvalue weighted by Gasteiger charge is -2.27. The van der Waals surface area contributed by atoms with Gasteiger partial charge in [0.2, 0.25) is 0 Å². The fraction of sp³-hybridized carbons (Fsp3) is 0.250. The van der Waals surface area contributed by atoms with Gasteiger partial charge in [-0.1, -0.05) is 24.3 Å². The van der Waals surface area contributed by atoms with Gasteiger partial charge in [0.1, 0.15) is 5.82 Å². The molecule has 19 heavy (non-hydrogen) atoms. The van der Waals surface area contributed by atoms with E-state index in [0.29, 0.717) is 6.04 Å². The van der Waals surface area contributed by atoms with E-state index in [1.54, 1.807) is 6.07 Å². The van der Waals surface area contributed by atoms with Crippen molar-refractivity contribution < 1.29 is 4.39 Å². The van der Waals surface area contributed by atoms with Crippen LogP contribution in [0.1, 0.15) is 22.7 Å². The minimum Gasteiger partial charge on any atom is -0.377 e. The highest BCUT2D eigenvalue weighted by molar-refractivity contribution is 7.98. The summed E-state index contributed by atoms with van der Waals surface area (Å²) < 4.78 is 13.1. The number of aryl methyl sites for hydroxylation is 1. The van der Waals surface area contributed by atoms with E-state index in [9.17, 15) is 4.39 Å². The molecule has 0 saturated heterocycles. The molecule has 1 heterocycles. The predicted octanol–water partition coefficient (Wildman–Crippen LogP) is 4.53. The lowest BCUT2D eigenvalue weighted by molar-refractivity contribution is 0.626. The van der Waals surface area contributed by atoms with Crippen molar-refractivity contribution in [2.24, 2.45) is 0 Å². The Morgan fingerprint density at radius 1 is 1.21 bits per heavy atom. The second-order valence-corrected chi connectivity index (χ2v) is 5.90. The maximum absolute atomic E-state index is 13.1. The van der Waals surface area contributed by atoms with Gasteiger partial charge in [0, 0.05) is 17.2 Å². The molecule has 0 radical (unpaired) electrons. The van der Waals surface area contributed by atoms with E-state index in [1.807, 2.05) is 24.8 Å². The van der Waals surface area contributed by atoms with Gasteiger partial charge in [0.05, 0.1) is 6.04 Å². The van der Waals surface area contributed by atoms with Gasteiger partial charge < -0.3 is 5.32 Å². The number of benzene rings is 2. The van der Waals surface area contributed by atoms with E-state index in [0.717, 1.165) is 22.8 Å². The molecule has 0 bridgehead atoms. The molecule has 0 amide bonds. The Morgan fingerprint density at radius 3 is 2.89 bits per heavy atom. The van der Waals surface area contributed by atoms with Crippen LogP contribution in [0.25, 0.3) is 0 Å². The van der Waals surface area contributed by atoms with Crippen molar-refractivity contribution in [3.63, 3.8) is 0 Å². The molecular weight excluding hydrogens is 257 g/mol. The van der Waals surface area contributed by atoms with Crippen LogP contribution in [-0.4, -0.2) is 5.75 Å². The van der Waals surface area contributed by atoms with Crippen molar-refractivity contribution in [3.8, 4) is 0 Å². The van der Waals surface area contributed by atoms with E-state index in [2.05, 4.69) is 29.6 Å². The molecule has 98 valence electrons. The van der Waals surface area contributed by atoms with Gasteiger partial charge in [-0.05, 0) is 41.8 Å². The third-order valence-corrected chi connectivity index (χ3v) is 4.57. The van der Waals surface area contributed by atoms with Crippen LogP contribution in [0.3, 0.4) is 0 Å². The summed E-state index contributed by atoms with van der Waals surface area (Å²) in [7, 11) is 0. The van der Waals surface area contributed by atoms with Gasteiger partial charge in [0.25, 0.3) is 0 Å². The highest BCUT2D eigenvalue weighted by Crippen LogP contribution is 2.34. The highest BCUT2D eigenvalue weighted by Gasteiger charge is 2.20. The van der Waals surface area contributed by atoms with Crippen LogP contribution in [-0.2, 0) is 5.75 Å². The summed E-state index contributed by atoms with van der Waals surface area (Å²) in [5, 5.41) is 3.55. The molecule has 1 N–H and O–H groups in total. The van der Waals surface area contributed by atoms with Crippen molar-refractivity contribution >= 4 is 17.4 Å². The molecule has 1 aliphatic rings. The molecule has 0 saturated carbocycles. The number of nitrogens with one attached hydrogen (secondary N) is 1. The van der Waals surface area contributed by atoms with Crippen molar-refractivity contribution in [3.05, 3.63) is 65.0 Å². The summed E-state index contributed by atoms with van der Waals surface area (Å²) in [5.41, 5.74) is 4.73. The summed E-state index contributed by atoms with van der Waals surface area (Å²) in [5.74, 6) is 1.95. The zero-order chi connectivity index (χ0) is 13.2. The third-order valence-electron chi connectivity index (χ3n) is 3.49. The second kappa shape index (κ2) is 5.25. The lowest BCUT2D eigenvalue weighted by atomic mass is 10.0. The first-order valence-corrected chi connectivity index (χ1v) is 7.58. The van der Waals surface area contributed by atoms with Crippen LogP contribution in [0.2, 0.25) is 0 Å². The molecule has 3 heteroatoms.